The van der Waals surface area contributed by atoms with E-state index in [2.05, 4.69) is 21.0 Å². The molecule has 0 saturated carbocycles. The number of carbonyl (C=O) groups is 1. The van der Waals surface area contributed by atoms with Gasteiger partial charge in [-0.3, -0.25) is 0 Å². The Hall–Kier alpha value is -3.15. The van der Waals surface area contributed by atoms with Gasteiger partial charge in [-0.1, -0.05) is 0 Å². The number of nitriles is 1. The molecule has 1 aliphatic rings. The first-order valence-electron chi connectivity index (χ1n) is 7.62. The van der Waals surface area contributed by atoms with Crippen LogP contribution in [0.2, 0.25) is 0 Å². The van der Waals surface area contributed by atoms with Crippen molar-refractivity contribution < 1.29 is 9.53 Å². The van der Waals surface area contributed by atoms with Gasteiger partial charge in [0, 0.05) is 26.2 Å². The number of nitrogen functional groups attached to an aromatic ring is 1. The van der Waals surface area contributed by atoms with E-state index in [-0.39, 0.29) is 6.09 Å². The Balaban J connectivity index is 1.85. The second-order valence-electron chi connectivity index (χ2n) is 5.27. The number of amides is 1. The van der Waals surface area contributed by atoms with Crippen molar-refractivity contribution in [1.82, 2.24) is 19.9 Å². The Kier molecular flexibility index (Phi) is 4.29. The van der Waals surface area contributed by atoms with E-state index in [1.165, 1.54) is 6.33 Å². The Morgan fingerprint density at radius 3 is 2.79 bits per heavy atom. The molecule has 1 fully saturated rings. The fraction of sp³-hybridized carbons (Fsp3) is 0.400. The van der Waals surface area contributed by atoms with Crippen molar-refractivity contribution in [3.63, 3.8) is 0 Å². The fourth-order valence-electron chi connectivity index (χ4n) is 2.64. The second-order valence-corrected chi connectivity index (χ2v) is 5.27. The van der Waals surface area contributed by atoms with Crippen molar-refractivity contribution in [1.29, 1.82) is 5.26 Å². The molecule has 0 aliphatic carbocycles. The largest absolute Gasteiger partial charge is 0.450 e. The van der Waals surface area contributed by atoms with E-state index < -0.39 is 0 Å². The predicted molar refractivity (Wildman–Crippen MR) is 87.3 cm³/mol. The molecule has 9 heteroatoms. The molecule has 24 heavy (non-hydrogen) atoms. The number of carbonyl (C=O) groups excluding carboxylic acids is 1. The zero-order chi connectivity index (χ0) is 17.1. The SMILES string of the molecule is CCOC(=O)N1CCN(c2nc3ncnc(N)c3cc2C#N)CC1. The summed E-state index contributed by atoms with van der Waals surface area (Å²) >= 11 is 0. The van der Waals surface area contributed by atoms with E-state index in [1.807, 2.05) is 4.90 Å². The van der Waals surface area contributed by atoms with Gasteiger partial charge in [0.05, 0.1) is 17.6 Å². The van der Waals surface area contributed by atoms with Crippen LogP contribution in [0, 0.1) is 11.3 Å². The van der Waals surface area contributed by atoms with E-state index in [9.17, 15) is 10.1 Å². The summed E-state index contributed by atoms with van der Waals surface area (Å²) in [5.74, 6) is 0.842. The van der Waals surface area contributed by atoms with Crippen LogP contribution in [-0.4, -0.2) is 58.7 Å². The Morgan fingerprint density at radius 1 is 1.38 bits per heavy atom. The minimum absolute atomic E-state index is 0.294. The third-order valence-electron chi connectivity index (χ3n) is 3.86. The van der Waals surface area contributed by atoms with Gasteiger partial charge < -0.3 is 20.3 Å². The van der Waals surface area contributed by atoms with Crippen molar-refractivity contribution in [2.45, 2.75) is 6.92 Å². The number of piperazine rings is 1. The molecule has 0 bridgehead atoms. The number of ether oxygens (including phenoxy) is 1. The standard InChI is InChI=1S/C15H17N7O2/c1-2-24-15(23)22-5-3-21(4-6-22)14-10(8-16)7-11-12(17)18-9-19-13(11)20-14/h7,9H,2-6H2,1H3,(H2,17,18,19,20). The molecular formula is C15H17N7O2. The summed E-state index contributed by atoms with van der Waals surface area (Å²) in [6.07, 6.45) is 1.03. The lowest BCUT2D eigenvalue weighted by Gasteiger charge is -2.35. The maximum Gasteiger partial charge on any atom is 0.409 e. The summed E-state index contributed by atoms with van der Waals surface area (Å²) in [7, 11) is 0. The van der Waals surface area contributed by atoms with E-state index in [0.717, 1.165) is 0 Å². The highest BCUT2D eigenvalue weighted by Gasteiger charge is 2.24. The van der Waals surface area contributed by atoms with Gasteiger partial charge in [0.15, 0.2) is 5.65 Å². The molecule has 2 N–H and O–H groups in total. The topological polar surface area (TPSA) is 121 Å². The van der Waals surface area contributed by atoms with Crippen LogP contribution >= 0.6 is 0 Å². The van der Waals surface area contributed by atoms with E-state index >= 15 is 0 Å². The van der Waals surface area contributed by atoms with Gasteiger partial charge in [-0.05, 0) is 13.0 Å². The van der Waals surface area contributed by atoms with Crippen LogP contribution in [0.1, 0.15) is 12.5 Å². The third kappa shape index (κ3) is 2.86. The molecule has 0 unspecified atom stereocenters. The zero-order valence-electron chi connectivity index (χ0n) is 13.3. The van der Waals surface area contributed by atoms with Crippen LogP contribution in [0.25, 0.3) is 11.0 Å². The smallest absolute Gasteiger partial charge is 0.409 e. The average molecular weight is 327 g/mol. The number of nitrogens with two attached hydrogens (primary N) is 1. The van der Waals surface area contributed by atoms with Crippen molar-refractivity contribution >= 4 is 28.8 Å². The fourth-order valence-corrected chi connectivity index (χ4v) is 2.64. The van der Waals surface area contributed by atoms with Gasteiger partial charge in [0.2, 0.25) is 0 Å². The van der Waals surface area contributed by atoms with Crippen LogP contribution in [0.15, 0.2) is 12.4 Å². The number of nitrogens with zero attached hydrogens (tertiary/aromatic N) is 6. The molecule has 3 heterocycles. The quantitative estimate of drug-likeness (QED) is 0.858. The summed E-state index contributed by atoms with van der Waals surface area (Å²) in [6.45, 7) is 4.27. The van der Waals surface area contributed by atoms with Gasteiger partial charge in [0.1, 0.15) is 24.0 Å². The average Bonchev–Trinajstić information content (AvgIpc) is 2.61. The summed E-state index contributed by atoms with van der Waals surface area (Å²) in [5.41, 5.74) is 6.68. The Morgan fingerprint density at radius 2 is 2.12 bits per heavy atom. The van der Waals surface area contributed by atoms with Crippen molar-refractivity contribution in [3.8, 4) is 6.07 Å². The maximum absolute atomic E-state index is 11.8. The van der Waals surface area contributed by atoms with Gasteiger partial charge >= 0.3 is 6.09 Å². The molecule has 2 aromatic rings. The lowest BCUT2D eigenvalue weighted by atomic mass is 10.2. The molecule has 2 aromatic heterocycles. The van der Waals surface area contributed by atoms with Crippen LogP contribution in [0.5, 0.6) is 0 Å². The molecule has 1 amide bonds. The van der Waals surface area contributed by atoms with Crippen LogP contribution < -0.4 is 10.6 Å². The number of pyridine rings is 1. The van der Waals surface area contributed by atoms with E-state index in [1.54, 1.807) is 17.9 Å². The lowest BCUT2D eigenvalue weighted by Crippen LogP contribution is -2.49. The summed E-state index contributed by atoms with van der Waals surface area (Å²) < 4.78 is 5.01. The highest BCUT2D eigenvalue weighted by molar-refractivity contribution is 5.88. The normalized spacial score (nSPS) is 14.5. The molecule has 9 nitrogen and oxygen atoms in total. The van der Waals surface area contributed by atoms with Crippen LogP contribution in [0.4, 0.5) is 16.4 Å². The number of aromatic nitrogens is 3. The Labute approximate surface area is 138 Å². The number of fused-ring (bicyclic) bond motifs is 1. The first-order valence-corrected chi connectivity index (χ1v) is 7.62. The molecule has 0 atom stereocenters. The second kappa shape index (κ2) is 6.54. The van der Waals surface area contributed by atoms with Crippen molar-refractivity contribution in [3.05, 3.63) is 18.0 Å². The Bertz CT molecular complexity index is 809. The molecule has 1 aliphatic heterocycles. The van der Waals surface area contributed by atoms with Gasteiger partial charge in [-0.15, -0.1) is 0 Å². The van der Waals surface area contributed by atoms with Gasteiger partial charge in [-0.25, -0.2) is 19.7 Å². The van der Waals surface area contributed by atoms with Gasteiger partial charge in [0.25, 0.3) is 0 Å². The number of hydrogen-bond donors (Lipinski definition) is 1. The van der Waals surface area contributed by atoms with Crippen molar-refractivity contribution in [2.24, 2.45) is 0 Å². The zero-order valence-corrected chi connectivity index (χ0v) is 13.3. The van der Waals surface area contributed by atoms with Crippen LogP contribution in [-0.2, 0) is 4.74 Å². The summed E-state index contributed by atoms with van der Waals surface area (Å²) in [4.78, 5) is 27.9. The molecular weight excluding hydrogens is 310 g/mol. The predicted octanol–water partition coefficient (Wildman–Crippen LogP) is 0.757. The lowest BCUT2D eigenvalue weighted by molar-refractivity contribution is 0.105. The number of hydrogen-bond acceptors (Lipinski definition) is 8. The molecule has 1 saturated heterocycles. The molecule has 0 aromatic carbocycles. The van der Waals surface area contributed by atoms with Crippen molar-refractivity contribution in [2.75, 3.05) is 43.4 Å². The molecule has 3 rings (SSSR count). The minimum atomic E-state index is -0.315. The number of anilines is 2. The first-order chi connectivity index (χ1) is 11.6. The highest BCUT2D eigenvalue weighted by atomic mass is 16.6. The monoisotopic (exact) mass is 327 g/mol. The summed E-state index contributed by atoms with van der Waals surface area (Å²) in [6, 6.07) is 3.80. The maximum atomic E-state index is 11.8. The van der Waals surface area contributed by atoms with Crippen LogP contribution in [0.3, 0.4) is 0 Å². The van der Waals surface area contributed by atoms with Gasteiger partial charge in [-0.2, -0.15) is 5.26 Å². The minimum Gasteiger partial charge on any atom is -0.450 e. The van der Waals surface area contributed by atoms with E-state index in [0.29, 0.717) is 61.0 Å². The number of rotatable bonds is 2. The molecule has 0 radical (unpaired) electrons. The molecule has 124 valence electrons. The first kappa shape index (κ1) is 15.7. The summed E-state index contributed by atoms with van der Waals surface area (Å²) in [5, 5.41) is 9.99. The van der Waals surface area contributed by atoms with E-state index in [4.69, 9.17) is 10.5 Å². The molecule has 0 spiro atoms. The highest BCUT2D eigenvalue weighted by Crippen LogP contribution is 2.25. The third-order valence-corrected chi connectivity index (χ3v) is 3.86.